The second kappa shape index (κ2) is 13.7. The number of nitrogens with zero attached hydrogens (tertiary/aromatic N) is 6. The monoisotopic (exact) mass is 738 g/mol. The lowest BCUT2D eigenvalue weighted by Gasteiger charge is -2.20. The first-order valence-corrected chi connectivity index (χ1v) is 18.0. The van der Waals surface area contributed by atoms with Crippen molar-refractivity contribution < 1.29 is 40.1 Å². The highest BCUT2D eigenvalue weighted by atomic mass is 32.2. The third-order valence-corrected chi connectivity index (χ3v) is 10.5. The molecule has 1 amide bonds. The van der Waals surface area contributed by atoms with Gasteiger partial charge in [-0.3, -0.25) is 4.55 Å². The fourth-order valence-corrected chi connectivity index (χ4v) is 7.09. The van der Waals surface area contributed by atoms with Gasteiger partial charge in [0.1, 0.15) is 47.7 Å². The maximum atomic E-state index is 13.6. The number of carbonyl (C=O) groups is 2. The average molecular weight is 739 g/mol. The van der Waals surface area contributed by atoms with E-state index in [1.165, 1.54) is 19.1 Å². The van der Waals surface area contributed by atoms with Crippen molar-refractivity contribution in [3.05, 3.63) is 83.9 Å². The smallest absolute Gasteiger partial charge is 0.355 e. The molecular weight excluding hydrogens is 703 g/mol. The van der Waals surface area contributed by atoms with Crippen molar-refractivity contribution in [2.45, 2.75) is 23.6 Å². The molecule has 2 aromatic carbocycles. The summed E-state index contributed by atoms with van der Waals surface area (Å²) in [7, 11) is -1.01. The molecule has 2 N–H and O–H groups in total. The second-order valence-electron chi connectivity index (χ2n) is 12.0. The summed E-state index contributed by atoms with van der Waals surface area (Å²) in [5, 5.41) is 7.44. The largest absolute Gasteiger partial charge is 0.456 e. The Kier molecular flexibility index (Phi) is 9.90. The number of sulfonamides is 1. The third kappa shape index (κ3) is 7.39. The molecular formula is C33H36N7O9S2+. The van der Waals surface area contributed by atoms with E-state index in [0.717, 1.165) is 28.8 Å². The molecule has 0 radical (unpaired) electrons. The van der Waals surface area contributed by atoms with Crippen LogP contribution in [-0.4, -0.2) is 94.4 Å². The first-order valence-electron chi connectivity index (χ1n) is 15.1. The number of anilines is 1. The molecule has 268 valence electrons. The van der Waals surface area contributed by atoms with E-state index < -0.39 is 54.4 Å². The molecule has 1 aliphatic heterocycles. The summed E-state index contributed by atoms with van der Waals surface area (Å²) < 4.78 is 78.3. The van der Waals surface area contributed by atoms with Crippen molar-refractivity contribution >= 4 is 48.8 Å². The lowest BCUT2D eigenvalue weighted by atomic mass is 9.93. The summed E-state index contributed by atoms with van der Waals surface area (Å²) in [6, 6.07) is 13.2. The van der Waals surface area contributed by atoms with Crippen LogP contribution in [0.4, 0.5) is 10.5 Å². The van der Waals surface area contributed by atoms with E-state index in [0.29, 0.717) is 38.0 Å². The zero-order valence-corrected chi connectivity index (χ0v) is 30.5. The lowest BCUT2D eigenvalue weighted by Crippen LogP contribution is -2.35. The first-order chi connectivity index (χ1) is 23.8. The molecule has 51 heavy (non-hydrogen) atoms. The Balaban J connectivity index is 1.51. The van der Waals surface area contributed by atoms with Gasteiger partial charge in [0.2, 0.25) is 15.4 Å². The topological polar surface area (TPSA) is 197 Å². The zero-order chi connectivity index (χ0) is 37.6. The minimum absolute atomic E-state index is 0.0244. The van der Waals surface area contributed by atoms with Gasteiger partial charge >= 0.3 is 12.0 Å². The van der Waals surface area contributed by atoms with Gasteiger partial charge in [-0.05, 0) is 44.2 Å². The van der Waals surface area contributed by atoms with Crippen LogP contribution in [0.5, 0.6) is 0 Å². The van der Waals surface area contributed by atoms with Gasteiger partial charge in [-0.25, -0.2) is 27.6 Å². The highest BCUT2D eigenvalue weighted by molar-refractivity contribution is 7.89. The van der Waals surface area contributed by atoms with Crippen molar-refractivity contribution in [1.29, 1.82) is 0 Å². The van der Waals surface area contributed by atoms with Crippen molar-refractivity contribution in [3.63, 3.8) is 0 Å². The first kappa shape index (κ1) is 36.8. The Morgan fingerprint density at radius 1 is 1.00 bits per heavy atom. The SMILES string of the molecule is C=C(NC(=O)n1nc(C)nc1C)C(=O)OCN(C)S(=O)(=O)c1ccc(-c2c3ccc(=[N+](C)C)cc-3oc3cc(N(C)C)ccc23)c(S(=O)(=O)O)c1. The molecule has 0 saturated heterocycles. The van der Waals surface area contributed by atoms with Crippen LogP contribution < -0.4 is 20.1 Å². The number of aryl methyl sites for hydroxylation is 2. The molecule has 2 heterocycles. The molecule has 3 aromatic rings. The predicted octanol–water partition coefficient (Wildman–Crippen LogP) is 2.65. The lowest BCUT2D eigenvalue weighted by molar-refractivity contribution is -0.141. The maximum absolute atomic E-state index is 13.6. The fourth-order valence-electron chi connectivity index (χ4n) is 5.23. The van der Waals surface area contributed by atoms with Gasteiger partial charge in [0.15, 0.2) is 6.73 Å². The summed E-state index contributed by atoms with van der Waals surface area (Å²) in [4.78, 5) is 29.7. The van der Waals surface area contributed by atoms with Crippen LogP contribution in [0.25, 0.3) is 33.4 Å². The molecule has 18 heteroatoms. The van der Waals surface area contributed by atoms with Gasteiger partial charge in [-0.1, -0.05) is 12.6 Å². The molecule has 0 atom stereocenters. The summed E-state index contributed by atoms with van der Waals surface area (Å²) >= 11 is 0. The Hall–Kier alpha value is -5.43. The average Bonchev–Trinajstić information content (AvgIpc) is 3.41. The van der Waals surface area contributed by atoms with Crippen LogP contribution in [-0.2, 0) is 29.7 Å². The van der Waals surface area contributed by atoms with E-state index in [1.807, 2.05) is 49.8 Å². The van der Waals surface area contributed by atoms with Gasteiger partial charge in [-0.2, -0.15) is 17.4 Å². The summed E-state index contributed by atoms with van der Waals surface area (Å²) in [5.74, 6) is -0.140. The van der Waals surface area contributed by atoms with Gasteiger partial charge in [-0.15, -0.1) is 5.10 Å². The number of esters is 1. The van der Waals surface area contributed by atoms with E-state index >= 15 is 0 Å². The van der Waals surface area contributed by atoms with Gasteiger partial charge in [0.05, 0.1) is 11.0 Å². The molecule has 0 spiro atoms. The summed E-state index contributed by atoms with van der Waals surface area (Å²) in [5.41, 5.74) is 1.65. The molecule has 16 nitrogen and oxygen atoms in total. The van der Waals surface area contributed by atoms with E-state index in [-0.39, 0.29) is 11.4 Å². The molecule has 0 unspecified atom stereocenters. The number of ether oxygens (including phenoxy) is 1. The second-order valence-corrected chi connectivity index (χ2v) is 15.4. The highest BCUT2D eigenvalue weighted by Crippen LogP contribution is 2.43. The van der Waals surface area contributed by atoms with E-state index in [9.17, 15) is 31.0 Å². The normalized spacial score (nSPS) is 11.9. The maximum Gasteiger partial charge on any atom is 0.355 e. The van der Waals surface area contributed by atoms with Gasteiger partial charge in [0, 0.05) is 61.0 Å². The Labute approximate surface area is 294 Å². The Morgan fingerprint density at radius 2 is 1.69 bits per heavy atom. The summed E-state index contributed by atoms with van der Waals surface area (Å²) in [6.07, 6.45) is 0. The molecule has 1 aromatic heterocycles. The number of hydrogen-bond acceptors (Lipinski definition) is 11. The third-order valence-electron chi connectivity index (χ3n) is 7.88. The van der Waals surface area contributed by atoms with Crippen molar-refractivity contribution in [3.8, 4) is 22.5 Å². The number of amides is 1. The molecule has 0 fully saturated rings. The number of aromatic nitrogens is 3. The quantitative estimate of drug-likeness (QED) is 0.0561. The van der Waals surface area contributed by atoms with Crippen LogP contribution in [0.15, 0.2) is 81.1 Å². The zero-order valence-electron chi connectivity index (χ0n) is 28.8. The van der Waals surface area contributed by atoms with E-state index in [1.54, 1.807) is 31.2 Å². The number of rotatable bonds is 9. The number of benzene rings is 3. The van der Waals surface area contributed by atoms with Crippen LogP contribution in [0, 0.1) is 13.8 Å². The molecule has 1 aliphatic carbocycles. The van der Waals surface area contributed by atoms with Crippen LogP contribution >= 0.6 is 0 Å². The molecule has 0 saturated carbocycles. The van der Waals surface area contributed by atoms with Crippen LogP contribution in [0.3, 0.4) is 0 Å². The summed E-state index contributed by atoms with van der Waals surface area (Å²) in [6.45, 7) is 5.73. The number of hydrogen-bond donors (Lipinski definition) is 2. The van der Waals surface area contributed by atoms with Crippen molar-refractivity contribution in [2.75, 3.05) is 46.9 Å². The fraction of sp³-hybridized carbons (Fsp3) is 0.242. The van der Waals surface area contributed by atoms with Gasteiger partial charge < -0.3 is 19.4 Å². The van der Waals surface area contributed by atoms with Crippen molar-refractivity contribution in [1.82, 2.24) is 29.0 Å². The van der Waals surface area contributed by atoms with Crippen LogP contribution in [0.1, 0.15) is 11.6 Å². The molecule has 0 bridgehead atoms. The predicted molar refractivity (Wildman–Crippen MR) is 188 cm³/mol. The molecule has 2 aliphatic rings. The number of fused-ring (bicyclic) bond motifs is 2. The van der Waals surface area contributed by atoms with Crippen LogP contribution in [0.2, 0.25) is 0 Å². The molecule has 5 rings (SSSR count). The minimum Gasteiger partial charge on any atom is -0.456 e. The van der Waals surface area contributed by atoms with Gasteiger partial charge in [0.25, 0.3) is 10.1 Å². The van der Waals surface area contributed by atoms with Crippen molar-refractivity contribution in [2.24, 2.45) is 0 Å². The minimum atomic E-state index is -5.02. The van der Waals surface area contributed by atoms with E-state index in [2.05, 4.69) is 22.0 Å². The van der Waals surface area contributed by atoms with E-state index in [4.69, 9.17) is 9.15 Å². The number of nitrogens with one attached hydrogen (secondary N) is 1. The standard InChI is InChI=1S/C33H35N7O9S2/c1-19(34-33(42)40-21(3)35-20(2)36-40)32(41)48-18-39(8)50(43,44)24-11-14-27(30(17-24)51(45,46)47)31-25-12-9-22(37(4)5)15-28(25)49-29-16-23(38(6)7)10-13-26(29)31/h9-17H,1,18H2,2-8H3,(H-,34,42,45,46,47)/p+1. The Bertz CT molecular complexity index is 2500. The number of carbonyl (C=O) groups excluding carboxylic acids is 2. The highest BCUT2D eigenvalue weighted by Gasteiger charge is 2.29. The Morgan fingerprint density at radius 3 is 2.29 bits per heavy atom.